The Labute approximate surface area is 209 Å². The minimum atomic E-state index is 0.0801. The van der Waals surface area contributed by atoms with Gasteiger partial charge in [0.15, 0.2) is 11.5 Å². The number of aromatic nitrogens is 1. The molecule has 1 aliphatic carbocycles. The van der Waals surface area contributed by atoms with E-state index in [1.165, 1.54) is 5.56 Å². The van der Waals surface area contributed by atoms with Crippen molar-refractivity contribution < 1.29 is 14.3 Å². The molecule has 35 heavy (non-hydrogen) atoms. The van der Waals surface area contributed by atoms with E-state index in [0.717, 1.165) is 58.8 Å². The molecule has 2 aromatic heterocycles. The van der Waals surface area contributed by atoms with Crippen molar-refractivity contribution in [3.8, 4) is 11.5 Å². The average Bonchev–Trinajstić information content (AvgIpc) is 3.62. The van der Waals surface area contributed by atoms with Gasteiger partial charge in [-0.05, 0) is 66.0 Å². The highest BCUT2D eigenvalue weighted by Gasteiger charge is 2.26. The SMILES string of the molecule is O=C(c1cc2sccc2n1Cc1ccccc1)N(Cc1ccc2c(c1)OCO2)C[C@H]1CC=CCC1. The second kappa shape index (κ2) is 9.62. The first-order valence-electron chi connectivity index (χ1n) is 12.2. The summed E-state index contributed by atoms with van der Waals surface area (Å²) in [6, 6.07) is 20.5. The Bertz CT molecular complexity index is 1370. The van der Waals surface area contributed by atoms with Crippen LogP contribution in [0.4, 0.5) is 0 Å². The third-order valence-corrected chi connectivity index (χ3v) is 7.73. The molecular weight excluding hydrogens is 456 g/mol. The number of carbonyl (C=O) groups excluding carboxylic acids is 1. The minimum Gasteiger partial charge on any atom is -0.454 e. The predicted octanol–water partition coefficient (Wildman–Crippen LogP) is 6.48. The number of fused-ring (bicyclic) bond motifs is 2. The molecule has 0 saturated carbocycles. The Morgan fingerprint density at radius 3 is 2.74 bits per heavy atom. The predicted molar refractivity (Wildman–Crippen MR) is 139 cm³/mol. The fourth-order valence-electron chi connectivity index (χ4n) is 5.07. The molecule has 2 aromatic carbocycles. The van der Waals surface area contributed by atoms with E-state index in [-0.39, 0.29) is 12.7 Å². The molecule has 2 aliphatic rings. The standard InChI is InChI=1S/C29H28N2O3S/c32-29(25-16-28-24(13-14-35-28)31(25)19-22-9-5-2-6-10-22)30(17-21-7-3-1-4-8-21)18-23-11-12-26-27(15-23)34-20-33-26/h1-3,5-6,9-16,21H,4,7-8,17-20H2/t21-/m0/s1. The summed E-state index contributed by atoms with van der Waals surface area (Å²) >= 11 is 1.68. The van der Waals surface area contributed by atoms with Gasteiger partial charge in [0.1, 0.15) is 5.69 Å². The zero-order valence-corrected chi connectivity index (χ0v) is 20.4. The summed E-state index contributed by atoms with van der Waals surface area (Å²) in [5, 5.41) is 2.10. The minimum absolute atomic E-state index is 0.0801. The van der Waals surface area contributed by atoms with Gasteiger partial charge in [-0.1, -0.05) is 48.6 Å². The highest BCUT2D eigenvalue weighted by Crippen LogP contribution is 2.34. The number of rotatable bonds is 7. The van der Waals surface area contributed by atoms with Gasteiger partial charge in [-0.15, -0.1) is 11.3 Å². The van der Waals surface area contributed by atoms with Crippen LogP contribution in [0.25, 0.3) is 10.2 Å². The third kappa shape index (κ3) is 4.58. The van der Waals surface area contributed by atoms with Gasteiger partial charge in [0.05, 0.1) is 10.2 Å². The Kier molecular flexibility index (Phi) is 6.05. The second-order valence-corrected chi connectivity index (χ2v) is 10.2. The van der Waals surface area contributed by atoms with Gasteiger partial charge >= 0.3 is 0 Å². The molecular formula is C29H28N2O3S. The number of benzene rings is 2. The molecule has 0 fully saturated rings. The van der Waals surface area contributed by atoms with Gasteiger partial charge in [0, 0.05) is 19.6 Å². The van der Waals surface area contributed by atoms with Gasteiger partial charge in [0.2, 0.25) is 6.79 Å². The van der Waals surface area contributed by atoms with Crippen molar-refractivity contribution in [1.29, 1.82) is 0 Å². The first-order valence-corrected chi connectivity index (χ1v) is 13.1. The van der Waals surface area contributed by atoms with E-state index in [4.69, 9.17) is 9.47 Å². The number of nitrogens with zero attached hydrogens (tertiary/aromatic N) is 2. The van der Waals surface area contributed by atoms with E-state index in [1.807, 2.05) is 41.3 Å². The van der Waals surface area contributed by atoms with Crippen LogP contribution in [0.3, 0.4) is 0 Å². The first-order chi connectivity index (χ1) is 17.2. The molecule has 4 aromatic rings. The number of thiophene rings is 1. The molecule has 0 radical (unpaired) electrons. The van der Waals surface area contributed by atoms with Crippen molar-refractivity contribution in [3.05, 3.63) is 95.0 Å². The van der Waals surface area contributed by atoms with Crippen molar-refractivity contribution in [1.82, 2.24) is 9.47 Å². The van der Waals surface area contributed by atoms with Crippen LogP contribution in [0.1, 0.15) is 40.9 Å². The Morgan fingerprint density at radius 1 is 1.00 bits per heavy atom. The van der Waals surface area contributed by atoms with Crippen LogP contribution in [0.15, 0.2) is 78.2 Å². The molecule has 5 nitrogen and oxygen atoms in total. The van der Waals surface area contributed by atoms with E-state index in [1.54, 1.807) is 11.3 Å². The maximum Gasteiger partial charge on any atom is 0.270 e. The van der Waals surface area contributed by atoms with Crippen LogP contribution in [0.2, 0.25) is 0 Å². The lowest BCUT2D eigenvalue weighted by atomic mass is 9.93. The molecule has 178 valence electrons. The monoisotopic (exact) mass is 484 g/mol. The quantitative estimate of drug-likeness (QED) is 0.282. The third-order valence-electron chi connectivity index (χ3n) is 6.88. The van der Waals surface area contributed by atoms with E-state index < -0.39 is 0 Å². The largest absolute Gasteiger partial charge is 0.454 e. The zero-order chi connectivity index (χ0) is 23.6. The van der Waals surface area contributed by atoms with Gasteiger partial charge in [-0.25, -0.2) is 0 Å². The summed E-state index contributed by atoms with van der Waals surface area (Å²) in [4.78, 5) is 16.2. The number of amides is 1. The number of allylic oxidation sites excluding steroid dienone is 2. The highest BCUT2D eigenvalue weighted by molar-refractivity contribution is 7.17. The molecule has 0 bridgehead atoms. The molecule has 3 heterocycles. The van der Waals surface area contributed by atoms with E-state index >= 15 is 0 Å². The number of ether oxygens (including phenoxy) is 2. The van der Waals surface area contributed by atoms with Gasteiger partial charge in [-0.2, -0.15) is 0 Å². The molecule has 0 N–H and O–H groups in total. The molecule has 0 unspecified atom stereocenters. The first kappa shape index (κ1) is 22.0. The van der Waals surface area contributed by atoms with Crippen molar-refractivity contribution in [2.75, 3.05) is 13.3 Å². The molecule has 0 spiro atoms. The molecule has 1 atom stereocenters. The zero-order valence-electron chi connectivity index (χ0n) is 19.6. The summed E-state index contributed by atoms with van der Waals surface area (Å²) < 4.78 is 14.4. The highest BCUT2D eigenvalue weighted by atomic mass is 32.1. The molecule has 6 heteroatoms. The summed E-state index contributed by atoms with van der Waals surface area (Å²) in [6.07, 6.45) is 7.72. The molecule has 6 rings (SSSR count). The summed E-state index contributed by atoms with van der Waals surface area (Å²) in [7, 11) is 0. The van der Waals surface area contributed by atoms with Crippen LogP contribution in [0, 0.1) is 5.92 Å². The van der Waals surface area contributed by atoms with Crippen molar-refractivity contribution in [2.24, 2.45) is 5.92 Å². The molecule has 0 saturated heterocycles. The Morgan fingerprint density at radius 2 is 1.89 bits per heavy atom. The second-order valence-electron chi connectivity index (χ2n) is 9.30. The van der Waals surface area contributed by atoms with Crippen molar-refractivity contribution in [3.63, 3.8) is 0 Å². The smallest absolute Gasteiger partial charge is 0.270 e. The van der Waals surface area contributed by atoms with Crippen LogP contribution in [0.5, 0.6) is 11.5 Å². The van der Waals surface area contributed by atoms with Crippen molar-refractivity contribution in [2.45, 2.75) is 32.4 Å². The Hall–Kier alpha value is -3.51. The summed E-state index contributed by atoms with van der Waals surface area (Å²) in [5.41, 5.74) is 4.11. The molecule has 1 aliphatic heterocycles. The average molecular weight is 485 g/mol. The topological polar surface area (TPSA) is 43.7 Å². The van der Waals surface area contributed by atoms with Crippen LogP contribution < -0.4 is 9.47 Å². The summed E-state index contributed by atoms with van der Waals surface area (Å²) in [6.45, 7) is 2.20. The number of carbonyl (C=O) groups is 1. The maximum absolute atomic E-state index is 14.2. The van der Waals surface area contributed by atoms with Gasteiger partial charge < -0.3 is 18.9 Å². The van der Waals surface area contributed by atoms with E-state index in [0.29, 0.717) is 19.0 Å². The van der Waals surface area contributed by atoms with Gasteiger partial charge in [0.25, 0.3) is 5.91 Å². The Balaban J connectivity index is 1.34. The van der Waals surface area contributed by atoms with Crippen LogP contribution in [-0.4, -0.2) is 28.7 Å². The van der Waals surface area contributed by atoms with Gasteiger partial charge in [-0.3, -0.25) is 4.79 Å². The lowest BCUT2D eigenvalue weighted by Gasteiger charge is -2.29. The van der Waals surface area contributed by atoms with Crippen LogP contribution in [-0.2, 0) is 13.1 Å². The van der Waals surface area contributed by atoms with Crippen molar-refractivity contribution >= 4 is 27.5 Å². The number of hydrogen-bond acceptors (Lipinski definition) is 4. The maximum atomic E-state index is 14.2. The molecule has 1 amide bonds. The van der Waals surface area contributed by atoms with E-state index in [2.05, 4.69) is 46.4 Å². The fraction of sp³-hybridized carbons (Fsp3) is 0.276. The van der Waals surface area contributed by atoms with E-state index in [9.17, 15) is 4.79 Å². The number of hydrogen-bond donors (Lipinski definition) is 0. The lowest BCUT2D eigenvalue weighted by Crippen LogP contribution is -2.36. The lowest BCUT2D eigenvalue weighted by molar-refractivity contribution is 0.0700. The van der Waals surface area contributed by atoms with Crippen LogP contribution >= 0.6 is 11.3 Å². The normalized spacial score (nSPS) is 16.6. The summed E-state index contributed by atoms with van der Waals surface area (Å²) in [5.74, 6) is 2.07. The fourth-order valence-corrected chi connectivity index (χ4v) is 5.89.